The van der Waals surface area contributed by atoms with Crippen molar-refractivity contribution in [3.8, 4) is 0 Å². The minimum absolute atomic E-state index is 0.0686. The van der Waals surface area contributed by atoms with Crippen LogP contribution >= 0.6 is 0 Å². The van der Waals surface area contributed by atoms with Crippen molar-refractivity contribution in [3.05, 3.63) is 12.2 Å². The van der Waals surface area contributed by atoms with E-state index in [2.05, 4.69) is 10.6 Å². The van der Waals surface area contributed by atoms with Crippen molar-refractivity contribution >= 4 is 11.8 Å². The van der Waals surface area contributed by atoms with E-state index in [1.165, 1.54) is 0 Å². The normalized spacial score (nSPS) is 24.3. The highest BCUT2D eigenvalue weighted by atomic mass is 16.2. The summed E-state index contributed by atoms with van der Waals surface area (Å²) >= 11 is 0. The molecule has 2 unspecified atom stereocenters. The number of carbonyl (C=O) groups is 2. The number of nitrogens with zero attached hydrogens (tertiary/aromatic N) is 1. The third-order valence-electron chi connectivity index (χ3n) is 3.12. The molecule has 1 aliphatic heterocycles. The lowest BCUT2D eigenvalue weighted by atomic mass is 9.91. The van der Waals surface area contributed by atoms with E-state index in [1.807, 2.05) is 32.0 Å². The molecule has 1 aliphatic rings. The highest BCUT2D eigenvalue weighted by molar-refractivity contribution is 5.87. The quantitative estimate of drug-likeness (QED) is 0.685. The van der Waals surface area contributed by atoms with Gasteiger partial charge in [-0.25, -0.2) is 0 Å². The highest BCUT2D eigenvalue weighted by Crippen LogP contribution is 2.15. The Hall–Kier alpha value is -1.36. The maximum absolute atomic E-state index is 11.5. The molecule has 2 atom stereocenters. The summed E-state index contributed by atoms with van der Waals surface area (Å²) in [5.41, 5.74) is 0. The second-order valence-electron chi connectivity index (χ2n) is 5.06. The highest BCUT2D eigenvalue weighted by Gasteiger charge is 2.24. The molecule has 1 rings (SSSR count). The summed E-state index contributed by atoms with van der Waals surface area (Å²) in [5.74, 6) is 0.366. The molecule has 18 heavy (non-hydrogen) atoms. The number of piperidine rings is 1. The van der Waals surface area contributed by atoms with Gasteiger partial charge in [-0.15, -0.1) is 0 Å². The summed E-state index contributed by atoms with van der Waals surface area (Å²) in [6.07, 6.45) is 4.80. The van der Waals surface area contributed by atoms with E-state index < -0.39 is 0 Å². The number of carbonyl (C=O) groups excluding carboxylic acids is 2. The van der Waals surface area contributed by atoms with Crippen molar-refractivity contribution in [1.82, 2.24) is 15.5 Å². The van der Waals surface area contributed by atoms with E-state index >= 15 is 0 Å². The Bertz CT molecular complexity index is 326. The standard InChI is InChI=1S/C13H23N3O2/c1-10-11(6-7-13(18)15-10)9-14-12(17)5-4-8-16(2)3/h4-5,10-11H,6-9H2,1-3H3,(H,14,17)(H,15,18)/b5-4+. The van der Waals surface area contributed by atoms with Crippen LogP contribution in [-0.4, -0.2) is 49.9 Å². The fourth-order valence-corrected chi connectivity index (χ4v) is 1.95. The lowest BCUT2D eigenvalue weighted by Gasteiger charge is -2.29. The van der Waals surface area contributed by atoms with Crippen LogP contribution < -0.4 is 10.6 Å². The smallest absolute Gasteiger partial charge is 0.243 e. The second-order valence-corrected chi connectivity index (χ2v) is 5.06. The van der Waals surface area contributed by atoms with Gasteiger partial charge in [0.05, 0.1) is 0 Å². The predicted molar refractivity (Wildman–Crippen MR) is 71.0 cm³/mol. The first-order valence-electron chi connectivity index (χ1n) is 6.37. The molecule has 5 nitrogen and oxygen atoms in total. The van der Waals surface area contributed by atoms with Crippen LogP contribution in [0.5, 0.6) is 0 Å². The fourth-order valence-electron chi connectivity index (χ4n) is 1.95. The maximum Gasteiger partial charge on any atom is 0.243 e. The minimum Gasteiger partial charge on any atom is -0.353 e. The van der Waals surface area contributed by atoms with Gasteiger partial charge in [0.25, 0.3) is 0 Å². The molecule has 0 bridgehead atoms. The largest absolute Gasteiger partial charge is 0.353 e. The average Bonchev–Trinajstić information content (AvgIpc) is 2.27. The van der Waals surface area contributed by atoms with E-state index in [9.17, 15) is 9.59 Å². The Labute approximate surface area is 109 Å². The zero-order valence-corrected chi connectivity index (χ0v) is 11.4. The van der Waals surface area contributed by atoms with Gasteiger partial charge in [-0.05, 0) is 33.4 Å². The van der Waals surface area contributed by atoms with Gasteiger partial charge in [0, 0.05) is 31.6 Å². The molecular weight excluding hydrogens is 230 g/mol. The second kappa shape index (κ2) is 7.16. The zero-order chi connectivity index (χ0) is 13.5. The van der Waals surface area contributed by atoms with Crippen LogP contribution in [0.25, 0.3) is 0 Å². The van der Waals surface area contributed by atoms with E-state index in [4.69, 9.17) is 0 Å². The van der Waals surface area contributed by atoms with Gasteiger partial charge in [0.1, 0.15) is 0 Å². The van der Waals surface area contributed by atoms with E-state index in [0.29, 0.717) is 18.9 Å². The Kier molecular flexibility index (Phi) is 5.85. The maximum atomic E-state index is 11.5. The average molecular weight is 253 g/mol. The zero-order valence-electron chi connectivity index (χ0n) is 11.4. The molecule has 1 fully saturated rings. The topological polar surface area (TPSA) is 61.4 Å². The van der Waals surface area contributed by atoms with Crippen LogP contribution in [0.3, 0.4) is 0 Å². The van der Waals surface area contributed by atoms with E-state index in [0.717, 1.165) is 13.0 Å². The summed E-state index contributed by atoms with van der Waals surface area (Å²) in [6, 6.07) is 0.136. The molecule has 2 N–H and O–H groups in total. The van der Waals surface area contributed by atoms with Gasteiger partial charge in [-0.3, -0.25) is 9.59 Å². The molecule has 1 heterocycles. The molecule has 0 saturated carbocycles. The first kappa shape index (κ1) is 14.7. The lowest BCUT2D eigenvalue weighted by molar-refractivity contribution is -0.124. The van der Waals surface area contributed by atoms with Gasteiger partial charge < -0.3 is 15.5 Å². The van der Waals surface area contributed by atoms with Crippen LogP contribution in [0.1, 0.15) is 19.8 Å². The molecule has 0 radical (unpaired) electrons. The third kappa shape index (κ3) is 5.31. The fraction of sp³-hybridized carbons (Fsp3) is 0.692. The number of rotatable bonds is 5. The number of amides is 2. The molecule has 2 amide bonds. The van der Waals surface area contributed by atoms with Gasteiger partial charge in [0.2, 0.25) is 11.8 Å². The van der Waals surface area contributed by atoms with Crippen molar-refractivity contribution in [3.63, 3.8) is 0 Å². The summed E-state index contributed by atoms with van der Waals surface area (Å²) in [7, 11) is 3.91. The number of likely N-dealkylation sites (N-methyl/N-ethyl adjacent to an activating group) is 1. The molecular formula is C13H23N3O2. The van der Waals surface area contributed by atoms with Crippen LogP contribution in [0.15, 0.2) is 12.2 Å². The number of hydrogen-bond donors (Lipinski definition) is 2. The molecule has 102 valence electrons. The predicted octanol–water partition coefficient (Wildman–Crippen LogP) is 0.135. The summed E-state index contributed by atoms with van der Waals surface area (Å²) < 4.78 is 0. The van der Waals surface area contributed by atoms with Gasteiger partial charge in [0.15, 0.2) is 0 Å². The molecule has 1 saturated heterocycles. The Morgan fingerprint density at radius 3 is 2.89 bits per heavy atom. The van der Waals surface area contributed by atoms with Crippen LogP contribution in [0.2, 0.25) is 0 Å². The summed E-state index contributed by atoms with van der Waals surface area (Å²) in [5, 5.41) is 5.77. The number of nitrogens with one attached hydrogen (secondary N) is 2. The van der Waals surface area contributed by atoms with Crippen molar-refractivity contribution in [1.29, 1.82) is 0 Å². The van der Waals surface area contributed by atoms with Crippen molar-refractivity contribution in [2.24, 2.45) is 5.92 Å². The third-order valence-corrected chi connectivity index (χ3v) is 3.12. The molecule has 0 aliphatic carbocycles. The molecule has 0 aromatic rings. The number of hydrogen-bond acceptors (Lipinski definition) is 3. The van der Waals surface area contributed by atoms with Crippen molar-refractivity contribution in [2.45, 2.75) is 25.8 Å². The first-order chi connectivity index (χ1) is 8.49. The molecule has 0 spiro atoms. The van der Waals surface area contributed by atoms with Crippen LogP contribution in [0, 0.1) is 5.92 Å². The Morgan fingerprint density at radius 2 is 2.28 bits per heavy atom. The first-order valence-corrected chi connectivity index (χ1v) is 6.37. The summed E-state index contributed by atoms with van der Waals surface area (Å²) in [6.45, 7) is 3.35. The molecule has 0 aromatic heterocycles. The van der Waals surface area contributed by atoms with E-state index in [1.54, 1.807) is 6.08 Å². The van der Waals surface area contributed by atoms with Crippen molar-refractivity contribution in [2.75, 3.05) is 27.2 Å². The van der Waals surface area contributed by atoms with Gasteiger partial charge in [-0.2, -0.15) is 0 Å². The molecule has 0 aromatic carbocycles. The Morgan fingerprint density at radius 1 is 1.56 bits per heavy atom. The minimum atomic E-state index is -0.0686. The summed E-state index contributed by atoms with van der Waals surface area (Å²) in [4.78, 5) is 24.7. The molecule has 5 heteroatoms. The van der Waals surface area contributed by atoms with Crippen LogP contribution in [0.4, 0.5) is 0 Å². The van der Waals surface area contributed by atoms with E-state index in [-0.39, 0.29) is 17.9 Å². The Balaban J connectivity index is 2.25. The van der Waals surface area contributed by atoms with Gasteiger partial charge >= 0.3 is 0 Å². The van der Waals surface area contributed by atoms with Crippen LogP contribution in [-0.2, 0) is 9.59 Å². The monoisotopic (exact) mass is 253 g/mol. The SMILES string of the molecule is CC1NC(=O)CCC1CNC(=O)/C=C/CN(C)C. The lowest BCUT2D eigenvalue weighted by Crippen LogP contribution is -2.47. The van der Waals surface area contributed by atoms with Gasteiger partial charge in [-0.1, -0.05) is 6.08 Å². The van der Waals surface area contributed by atoms with Crippen molar-refractivity contribution < 1.29 is 9.59 Å².